The maximum Gasteiger partial charge on any atom is 0.273 e. The van der Waals surface area contributed by atoms with Gasteiger partial charge in [0.15, 0.2) is 0 Å². The van der Waals surface area contributed by atoms with E-state index in [0.29, 0.717) is 5.95 Å². The molecule has 0 spiro atoms. The zero-order valence-corrected chi connectivity index (χ0v) is 19.4. The van der Waals surface area contributed by atoms with Gasteiger partial charge in [-0.25, -0.2) is 4.98 Å². The summed E-state index contributed by atoms with van der Waals surface area (Å²) in [5.41, 5.74) is 1.06. The Kier molecular flexibility index (Phi) is 6.76. The molecule has 1 heterocycles. The van der Waals surface area contributed by atoms with Crippen molar-refractivity contribution < 1.29 is 14.5 Å². The van der Waals surface area contributed by atoms with Crippen LogP contribution in [0.1, 0.15) is 36.0 Å². The summed E-state index contributed by atoms with van der Waals surface area (Å²) in [6, 6.07) is 12.2. The van der Waals surface area contributed by atoms with Gasteiger partial charge in [0.25, 0.3) is 11.6 Å². The predicted octanol–water partition coefficient (Wildman–Crippen LogP) is 3.77. The molecule has 0 saturated heterocycles. The van der Waals surface area contributed by atoms with Crippen LogP contribution in [0.3, 0.4) is 0 Å². The van der Waals surface area contributed by atoms with Crippen LogP contribution in [0.4, 0.5) is 17.5 Å². The molecule has 2 N–H and O–H groups in total. The second kappa shape index (κ2) is 9.90. The van der Waals surface area contributed by atoms with Gasteiger partial charge in [0.05, 0.1) is 29.2 Å². The second-order valence-corrected chi connectivity index (χ2v) is 8.59. The minimum atomic E-state index is -0.515. The Morgan fingerprint density at radius 1 is 1.09 bits per heavy atom. The number of nitro groups is 1. The minimum absolute atomic E-state index is 0.0142. The molecule has 2 aromatic carbocycles. The number of ether oxygens (including phenoxy) is 1. The van der Waals surface area contributed by atoms with Crippen molar-refractivity contribution in [3.63, 3.8) is 0 Å². The Labute approximate surface area is 197 Å². The number of para-hydroxylation sites is 1. The third kappa shape index (κ3) is 5.00. The van der Waals surface area contributed by atoms with Crippen LogP contribution in [0.5, 0.6) is 5.75 Å². The molecule has 4 rings (SSSR count). The molecule has 0 unspecified atom stereocenters. The third-order valence-corrected chi connectivity index (χ3v) is 6.04. The fourth-order valence-electron chi connectivity index (χ4n) is 4.27. The summed E-state index contributed by atoms with van der Waals surface area (Å²) in [5.74, 6) is 1.36. The molecular weight excluding hydrogens is 436 g/mol. The highest BCUT2D eigenvalue weighted by atomic mass is 16.6. The van der Waals surface area contributed by atoms with Gasteiger partial charge in [0.2, 0.25) is 5.95 Å². The smallest absolute Gasteiger partial charge is 0.273 e. The van der Waals surface area contributed by atoms with Gasteiger partial charge < -0.3 is 20.3 Å². The largest absolute Gasteiger partial charge is 0.496 e. The predicted molar refractivity (Wildman–Crippen MR) is 131 cm³/mol. The number of carbonyl (C=O) groups is 1. The van der Waals surface area contributed by atoms with Gasteiger partial charge in [0.1, 0.15) is 11.6 Å². The average molecular weight is 465 g/mol. The lowest BCUT2D eigenvalue weighted by atomic mass is 9.91. The van der Waals surface area contributed by atoms with Gasteiger partial charge in [-0.1, -0.05) is 12.1 Å². The molecule has 10 nitrogen and oxygen atoms in total. The molecule has 0 radical (unpaired) electrons. The first-order chi connectivity index (χ1) is 16.4. The Morgan fingerprint density at radius 3 is 2.47 bits per heavy atom. The Morgan fingerprint density at radius 2 is 1.79 bits per heavy atom. The van der Waals surface area contributed by atoms with Crippen LogP contribution in [0, 0.1) is 10.1 Å². The Balaban J connectivity index is 1.38. The quantitative estimate of drug-likeness (QED) is 0.400. The fraction of sp³-hybridized carbons (Fsp3) is 0.375. The number of methoxy groups -OCH3 is 1. The van der Waals surface area contributed by atoms with Crippen LogP contribution in [0.15, 0.2) is 42.5 Å². The zero-order valence-electron chi connectivity index (χ0n) is 19.4. The summed E-state index contributed by atoms with van der Waals surface area (Å²) in [7, 11) is 5.32. The first kappa shape index (κ1) is 23.2. The van der Waals surface area contributed by atoms with Crippen molar-refractivity contribution in [1.82, 2.24) is 15.3 Å². The molecule has 1 aliphatic carbocycles. The number of nitrogens with one attached hydrogen (secondary N) is 2. The van der Waals surface area contributed by atoms with Gasteiger partial charge in [-0.05, 0) is 43.9 Å². The van der Waals surface area contributed by atoms with Gasteiger partial charge in [0, 0.05) is 37.6 Å². The van der Waals surface area contributed by atoms with E-state index in [0.717, 1.165) is 42.4 Å². The number of fused-ring (bicyclic) bond motifs is 1. The molecule has 0 aliphatic heterocycles. The lowest BCUT2D eigenvalue weighted by Gasteiger charge is -2.30. The van der Waals surface area contributed by atoms with Crippen LogP contribution < -0.4 is 20.3 Å². The molecule has 178 valence electrons. The fourth-order valence-corrected chi connectivity index (χ4v) is 4.27. The average Bonchev–Trinajstić information content (AvgIpc) is 2.84. The van der Waals surface area contributed by atoms with Crippen LogP contribution in [0.25, 0.3) is 10.9 Å². The van der Waals surface area contributed by atoms with Crippen molar-refractivity contribution >= 4 is 34.3 Å². The molecule has 1 aromatic heterocycles. The van der Waals surface area contributed by atoms with Crippen LogP contribution in [-0.2, 0) is 0 Å². The molecule has 10 heteroatoms. The summed E-state index contributed by atoms with van der Waals surface area (Å²) in [4.78, 5) is 34.6. The van der Waals surface area contributed by atoms with Gasteiger partial charge in [-0.3, -0.25) is 14.9 Å². The van der Waals surface area contributed by atoms with E-state index in [9.17, 15) is 14.9 Å². The summed E-state index contributed by atoms with van der Waals surface area (Å²) in [5, 5.41) is 18.5. The van der Waals surface area contributed by atoms with E-state index in [1.807, 2.05) is 43.3 Å². The summed E-state index contributed by atoms with van der Waals surface area (Å²) in [6.07, 6.45) is 3.31. The SMILES string of the molecule is COc1cc([N+](=O)[O-])ccc1C(=O)NC1CCC(Nc2nc(N(C)C)c3ccccc3n2)CC1. The number of benzene rings is 2. The van der Waals surface area contributed by atoms with Gasteiger partial charge in [-0.2, -0.15) is 4.98 Å². The van der Waals surface area contributed by atoms with E-state index in [1.54, 1.807) is 0 Å². The number of nitro benzene ring substituents is 1. The Hall–Kier alpha value is -3.95. The van der Waals surface area contributed by atoms with Crippen LogP contribution in [0.2, 0.25) is 0 Å². The maximum atomic E-state index is 12.8. The van der Waals surface area contributed by atoms with E-state index in [2.05, 4.69) is 15.6 Å². The molecule has 1 fully saturated rings. The molecule has 1 amide bonds. The highest BCUT2D eigenvalue weighted by molar-refractivity contribution is 5.97. The first-order valence-corrected chi connectivity index (χ1v) is 11.2. The number of non-ortho nitro benzene ring substituents is 1. The van der Waals surface area contributed by atoms with Crippen molar-refractivity contribution in [3.05, 3.63) is 58.1 Å². The lowest BCUT2D eigenvalue weighted by Crippen LogP contribution is -2.40. The summed E-state index contributed by atoms with van der Waals surface area (Å²) >= 11 is 0. The third-order valence-electron chi connectivity index (χ3n) is 6.04. The van der Waals surface area contributed by atoms with E-state index in [4.69, 9.17) is 9.72 Å². The second-order valence-electron chi connectivity index (χ2n) is 8.59. The number of carbonyl (C=O) groups excluding carboxylic acids is 1. The van der Waals surface area contributed by atoms with E-state index in [-0.39, 0.29) is 35.0 Å². The summed E-state index contributed by atoms with van der Waals surface area (Å²) in [6.45, 7) is 0. The number of nitrogens with zero attached hydrogens (tertiary/aromatic N) is 4. The molecule has 0 atom stereocenters. The van der Waals surface area contributed by atoms with E-state index >= 15 is 0 Å². The first-order valence-electron chi connectivity index (χ1n) is 11.2. The number of amides is 1. The van der Waals surface area contributed by atoms with Crippen molar-refractivity contribution in [2.45, 2.75) is 37.8 Å². The highest BCUT2D eigenvalue weighted by Gasteiger charge is 2.25. The summed E-state index contributed by atoms with van der Waals surface area (Å²) < 4.78 is 5.19. The molecular formula is C24H28N6O4. The minimum Gasteiger partial charge on any atom is -0.496 e. The van der Waals surface area contributed by atoms with Gasteiger partial charge in [-0.15, -0.1) is 0 Å². The number of anilines is 2. The molecule has 1 aliphatic rings. The molecule has 1 saturated carbocycles. The van der Waals surface area contributed by atoms with Gasteiger partial charge >= 0.3 is 0 Å². The lowest BCUT2D eigenvalue weighted by molar-refractivity contribution is -0.384. The number of hydrogen-bond donors (Lipinski definition) is 2. The van der Waals surface area contributed by atoms with Crippen LogP contribution >= 0.6 is 0 Å². The molecule has 34 heavy (non-hydrogen) atoms. The van der Waals surface area contributed by atoms with Crippen LogP contribution in [-0.4, -0.2) is 54.1 Å². The number of hydrogen-bond acceptors (Lipinski definition) is 8. The van der Waals surface area contributed by atoms with Crippen molar-refractivity contribution in [2.24, 2.45) is 0 Å². The standard InChI is InChI=1S/C24H28N6O4/c1-29(2)22-18-6-4-5-7-20(18)27-24(28-22)26-16-10-8-15(9-11-16)25-23(31)19-13-12-17(30(32)33)14-21(19)34-3/h4-7,12-16H,8-11H2,1-3H3,(H,25,31)(H,26,27,28). The van der Waals surface area contributed by atoms with Crippen molar-refractivity contribution in [2.75, 3.05) is 31.4 Å². The zero-order chi connectivity index (χ0) is 24.2. The Bertz CT molecular complexity index is 1210. The topological polar surface area (TPSA) is 123 Å². The van der Waals surface area contributed by atoms with Crippen molar-refractivity contribution in [3.8, 4) is 5.75 Å². The maximum absolute atomic E-state index is 12.8. The van der Waals surface area contributed by atoms with E-state index < -0.39 is 4.92 Å². The number of aromatic nitrogens is 2. The molecule has 3 aromatic rings. The highest BCUT2D eigenvalue weighted by Crippen LogP contribution is 2.28. The number of rotatable bonds is 7. The molecule has 0 bridgehead atoms. The normalized spacial score (nSPS) is 17.7. The monoisotopic (exact) mass is 464 g/mol. The van der Waals surface area contributed by atoms with E-state index in [1.165, 1.54) is 25.3 Å². The van der Waals surface area contributed by atoms with Crippen molar-refractivity contribution in [1.29, 1.82) is 0 Å².